The molecule has 0 saturated heterocycles. The third kappa shape index (κ3) is 5.48. The zero-order valence-corrected chi connectivity index (χ0v) is 15.3. The summed E-state index contributed by atoms with van der Waals surface area (Å²) in [6.07, 6.45) is 0. The summed E-state index contributed by atoms with van der Waals surface area (Å²) in [7, 11) is 2.29. The van der Waals surface area contributed by atoms with Crippen LogP contribution in [0.3, 0.4) is 0 Å². The molecule has 2 rings (SSSR count). The standard InChI is InChI=1S/C18H15FN2O8/c1-27-17(23)10-5-11(18(24)28-2)7-13(6-10)20-16(22)9-29-15-8-12(19)3-4-14(15)21(25)26/h3-8H,9H2,1-2H3,(H,20,22). The smallest absolute Gasteiger partial charge is 0.337 e. The topological polar surface area (TPSA) is 134 Å². The lowest BCUT2D eigenvalue weighted by Crippen LogP contribution is -2.21. The molecule has 152 valence electrons. The fourth-order valence-corrected chi connectivity index (χ4v) is 2.27. The van der Waals surface area contributed by atoms with E-state index in [0.717, 1.165) is 32.4 Å². The van der Waals surface area contributed by atoms with Gasteiger partial charge in [0, 0.05) is 17.8 Å². The second kappa shape index (κ2) is 9.26. The SMILES string of the molecule is COC(=O)c1cc(NC(=O)COc2cc(F)ccc2[N+](=O)[O-])cc(C(=O)OC)c1. The number of carbonyl (C=O) groups is 3. The molecule has 0 aliphatic rings. The van der Waals surface area contributed by atoms with Crippen molar-refractivity contribution in [1.29, 1.82) is 0 Å². The van der Waals surface area contributed by atoms with Crippen LogP contribution in [-0.2, 0) is 14.3 Å². The van der Waals surface area contributed by atoms with E-state index in [4.69, 9.17) is 4.74 Å². The van der Waals surface area contributed by atoms with E-state index in [0.29, 0.717) is 0 Å². The number of nitro benzene ring substituents is 1. The molecule has 0 bridgehead atoms. The van der Waals surface area contributed by atoms with Crippen molar-refractivity contribution in [2.24, 2.45) is 0 Å². The number of amides is 1. The Labute approximate surface area is 163 Å². The summed E-state index contributed by atoms with van der Waals surface area (Å²) >= 11 is 0. The third-order valence-corrected chi connectivity index (χ3v) is 3.54. The first-order valence-corrected chi connectivity index (χ1v) is 7.93. The predicted molar refractivity (Wildman–Crippen MR) is 96.3 cm³/mol. The summed E-state index contributed by atoms with van der Waals surface area (Å²) in [6.45, 7) is -0.694. The Kier molecular flexibility index (Phi) is 6.80. The number of halogens is 1. The van der Waals surface area contributed by atoms with E-state index in [-0.39, 0.29) is 16.8 Å². The van der Waals surface area contributed by atoms with E-state index < -0.39 is 46.6 Å². The van der Waals surface area contributed by atoms with Gasteiger partial charge in [-0.1, -0.05) is 0 Å². The van der Waals surface area contributed by atoms with Gasteiger partial charge in [-0.2, -0.15) is 0 Å². The minimum Gasteiger partial charge on any atom is -0.477 e. The molecular weight excluding hydrogens is 391 g/mol. The maximum absolute atomic E-state index is 13.3. The second-order valence-electron chi connectivity index (χ2n) is 5.49. The van der Waals surface area contributed by atoms with Gasteiger partial charge in [-0.05, 0) is 24.3 Å². The molecule has 0 unspecified atom stereocenters. The van der Waals surface area contributed by atoms with Crippen molar-refractivity contribution in [2.45, 2.75) is 0 Å². The normalized spacial score (nSPS) is 10.0. The number of nitrogens with one attached hydrogen (secondary N) is 1. The first-order valence-electron chi connectivity index (χ1n) is 7.93. The van der Waals surface area contributed by atoms with Crippen molar-refractivity contribution in [3.8, 4) is 5.75 Å². The fraction of sp³-hybridized carbons (Fsp3) is 0.167. The van der Waals surface area contributed by atoms with E-state index in [2.05, 4.69) is 14.8 Å². The molecule has 2 aromatic rings. The first-order chi connectivity index (χ1) is 13.7. The lowest BCUT2D eigenvalue weighted by Gasteiger charge is -2.10. The van der Waals surface area contributed by atoms with Gasteiger partial charge < -0.3 is 19.5 Å². The van der Waals surface area contributed by atoms with Gasteiger partial charge in [0.2, 0.25) is 5.75 Å². The molecule has 0 spiro atoms. The first kappa shape index (κ1) is 21.3. The average Bonchev–Trinajstić information content (AvgIpc) is 2.70. The summed E-state index contributed by atoms with van der Waals surface area (Å²) in [5.74, 6) is -3.49. The lowest BCUT2D eigenvalue weighted by molar-refractivity contribution is -0.385. The molecule has 0 radical (unpaired) electrons. The Bertz CT molecular complexity index is 942. The number of rotatable bonds is 7. The molecule has 0 aliphatic carbocycles. The molecule has 0 atom stereocenters. The number of hydrogen-bond acceptors (Lipinski definition) is 8. The quantitative estimate of drug-likeness (QED) is 0.421. The lowest BCUT2D eigenvalue weighted by atomic mass is 10.1. The summed E-state index contributed by atoms with van der Waals surface area (Å²) in [5, 5.41) is 13.3. The largest absolute Gasteiger partial charge is 0.477 e. The number of esters is 2. The fourth-order valence-electron chi connectivity index (χ4n) is 2.27. The van der Waals surface area contributed by atoms with Crippen LogP contribution in [0.15, 0.2) is 36.4 Å². The van der Waals surface area contributed by atoms with Crippen molar-refractivity contribution in [2.75, 3.05) is 26.1 Å². The van der Waals surface area contributed by atoms with Gasteiger partial charge in [0.15, 0.2) is 6.61 Å². The molecule has 10 nitrogen and oxygen atoms in total. The molecule has 1 N–H and O–H groups in total. The Balaban J connectivity index is 2.18. The summed E-state index contributed by atoms with van der Waals surface area (Å²) in [6, 6.07) is 6.29. The maximum atomic E-state index is 13.3. The van der Waals surface area contributed by atoms with Gasteiger partial charge in [-0.15, -0.1) is 0 Å². The predicted octanol–water partition coefficient (Wildman–Crippen LogP) is 2.32. The molecule has 11 heteroatoms. The Morgan fingerprint density at radius 3 is 2.14 bits per heavy atom. The van der Waals surface area contributed by atoms with Crippen LogP contribution >= 0.6 is 0 Å². The molecule has 0 aliphatic heterocycles. The van der Waals surface area contributed by atoms with Crippen molar-refractivity contribution >= 4 is 29.2 Å². The number of carbonyl (C=O) groups excluding carboxylic acids is 3. The number of anilines is 1. The number of nitrogens with zero attached hydrogens (tertiary/aromatic N) is 1. The molecule has 29 heavy (non-hydrogen) atoms. The van der Waals surface area contributed by atoms with E-state index >= 15 is 0 Å². The van der Waals surface area contributed by atoms with E-state index in [1.807, 2.05) is 0 Å². The number of nitro groups is 1. The Hall–Kier alpha value is -4.02. The number of hydrogen-bond donors (Lipinski definition) is 1. The highest BCUT2D eigenvalue weighted by atomic mass is 19.1. The van der Waals surface area contributed by atoms with Crippen molar-refractivity contribution < 1.29 is 37.9 Å². The molecular formula is C18H15FN2O8. The second-order valence-corrected chi connectivity index (χ2v) is 5.49. The zero-order valence-electron chi connectivity index (χ0n) is 15.3. The Morgan fingerprint density at radius 1 is 1.03 bits per heavy atom. The van der Waals surface area contributed by atoms with Crippen LogP contribution < -0.4 is 10.1 Å². The molecule has 2 aromatic carbocycles. The van der Waals surface area contributed by atoms with Crippen LogP contribution in [0, 0.1) is 15.9 Å². The van der Waals surface area contributed by atoms with Gasteiger partial charge in [0.05, 0.1) is 30.3 Å². The van der Waals surface area contributed by atoms with Crippen LogP contribution in [0.2, 0.25) is 0 Å². The van der Waals surface area contributed by atoms with Gasteiger partial charge in [-0.25, -0.2) is 14.0 Å². The van der Waals surface area contributed by atoms with Crippen LogP contribution in [-0.4, -0.2) is 43.6 Å². The highest BCUT2D eigenvalue weighted by Gasteiger charge is 2.18. The van der Waals surface area contributed by atoms with E-state index in [9.17, 15) is 28.9 Å². The van der Waals surface area contributed by atoms with Crippen molar-refractivity contribution in [1.82, 2.24) is 0 Å². The molecule has 0 heterocycles. The molecule has 0 fully saturated rings. The number of ether oxygens (including phenoxy) is 3. The minimum atomic E-state index is -0.783. The summed E-state index contributed by atoms with van der Waals surface area (Å²) < 4.78 is 27.5. The monoisotopic (exact) mass is 406 g/mol. The van der Waals surface area contributed by atoms with Gasteiger partial charge in [-0.3, -0.25) is 14.9 Å². The van der Waals surface area contributed by atoms with Crippen LogP contribution in [0.25, 0.3) is 0 Å². The van der Waals surface area contributed by atoms with Gasteiger partial charge in [0.25, 0.3) is 5.91 Å². The van der Waals surface area contributed by atoms with Crippen LogP contribution in [0.4, 0.5) is 15.8 Å². The minimum absolute atomic E-state index is 0.0209. The van der Waals surface area contributed by atoms with Crippen LogP contribution in [0.5, 0.6) is 5.75 Å². The van der Waals surface area contributed by atoms with Gasteiger partial charge >= 0.3 is 17.6 Å². The van der Waals surface area contributed by atoms with Crippen LogP contribution in [0.1, 0.15) is 20.7 Å². The van der Waals surface area contributed by atoms with E-state index in [1.54, 1.807) is 0 Å². The molecule has 1 amide bonds. The number of methoxy groups -OCH3 is 2. The molecule has 0 saturated carbocycles. The molecule has 0 aromatic heterocycles. The van der Waals surface area contributed by atoms with Gasteiger partial charge in [0.1, 0.15) is 5.82 Å². The zero-order chi connectivity index (χ0) is 21.6. The van der Waals surface area contributed by atoms with Crippen molar-refractivity contribution in [3.05, 3.63) is 63.5 Å². The average molecular weight is 406 g/mol. The Morgan fingerprint density at radius 2 is 1.62 bits per heavy atom. The highest BCUT2D eigenvalue weighted by Crippen LogP contribution is 2.27. The summed E-state index contributed by atoms with van der Waals surface area (Å²) in [4.78, 5) is 45.8. The van der Waals surface area contributed by atoms with E-state index in [1.165, 1.54) is 18.2 Å². The third-order valence-electron chi connectivity index (χ3n) is 3.54. The number of benzene rings is 2. The van der Waals surface area contributed by atoms with Crippen molar-refractivity contribution in [3.63, 3.8) is 0 Å². The highest BCUT2D eigenvalue weighted by molar-refractivity contribution is 5.99. The summed E-state index contributed by atoms with van der Waals surface area (Å²) in [5.41, 5.74) is -0.504. The maximum Gasteiger partial charge on any atom is 0.337 e.